The van der Waals surface area contributed by atoms with E-state index in [2.05, 4.69) is 21.4 Å². The second-order valence-electron chi connectivity index (χ2n) is 6.84. The van der Waals surface area contributed by atoms with Gasteiger partial charge < -0.3 is 9.80 Å². The van der Waals surface area contributed by atoms with Crippen LogP contribution in [0.25, 0.3) is 10.2 Å². The highest BCUT2D eigenvalue weighted by molar-refractivity contribution is 8.16. The molecule has 1 aromatic heterocycles. The molecule has 26 heavy (non-hydrogen) atoms. The molecule has 5 rings (SSSR count). The molecule has 2 aromatic rings. The Bertz CT molecular complexity index is 886. The van der Waals surface area contributed by atoms with E-state index in [0.717, 1.165) is 60.3 Å². The molecule has 1 amide bonds. The van der Waals surface area contributed by atoms with Crippen LogP contribution in [0.15, 0.2) is 40.4 Å². The first-order valence-corrected chi connectivity index (χ1v) is 10.8. The predicted octanol–water partition coefficient (Wildman–Crippen LogP) is 4.00. The fourth-order valence-electron chi connectivity index (χ4n) is 3.88. The van der Waals surface area contributed by atoms with Gasteiger partial charge in [-0.3, -0.25) is 9.79 Å². The van der Waals surface area contributed by atoms with E-state index in [0.29, 0.717) is 6.42 Å². The van der Waals surface area contributed by atoms with Gasteiger partial charge in [0.15, 0.2) is 5.17 Å². The zero-order valence-electron chi connectivity index (χ0n) is 14.4. The smallest absolute Gasteiger partial charge is 0.229 e. The summed E-state index contributed by atoms with van der Waals surface area (Å²) in [4.78, 5) is 26.7. The van der Waals surface area contributed by atoms with Gasteiger partial charge in [-0.15, -0.1) is 11.3 Å². The fraction of sp³-hybridized carbons (Fsp3) is 0.421. The normalized spacial score (nSPS) is 22.5. The highest BCUT2D eigenvalue weighted by atomic mass is 32.2. The van der Waals surface area contributed by atoms with Gasteiger partial charge in [0.05, 0.1) is 22.7 Å². The van der Waals surface area contributed by atoms with Crippen LogP contribution in [0.4, 0.5) is 0 Å². The van der Waals surface area contributed by atoms with E-state index in [1.165, 1.54) is 4.70 Å². The second kappa shape index (κ2) is 6.70. The number of carbonyl (C=O) groups is 1. The van der Waals surface area contributed by atoms with Gasteiger partial charge in [0.2, 0.25) is 5.91 Å². The third-order valence-electron chi connectivity index (χ3n) is 5.17. The zero-order chi connectivity index (χ0) is 17.5. The number of aliphatic imine (C=N–C) groups is 1. The third-order valence-corrected chi connectivity index (χ3v) is 7.25. The van der Waals surface area contributed by atoms with E-state index in [1.807, 2.05) is 23.1 Å². The van der Waals surface area contributed by atoms with E-state index in [1.54, 1.807) is 23.1 Å². The molecule has 1 atom stereocenters. The van der Waals surface area contributed by atoms with E-state index in [9.17, 15) is 4.79 Å². The van der Waals surface area contributed by atoms with Gasteiger partial charge >= 0.3 is 0 Å². The molecule has 134 valence electrons. The van der Waals surface area contributed by atoms with Crippen LogP contribution in [-0.2, 0) is 4.79 Å². The van der Waals surface area contributed by atoms with Crippen molar-refractivity contribution < 1.29 is 4.79 Å². The summed E-state index contributed by atoms with van der Waals surface area (Å²) in [6.45, 7) is 2.72. The van der Waals surface area contributed by atoms with Crippen molar-refractivity contribution in [2.75, 3.05) is 19.6 Å². The number of benzene rings is 1. The van der Waals surface area contributed by atoms with Crippen molar-refractivity contribution in [3.05, 3.63) is 40.4 Å². The molecule has 1 fully saturated rings. The van der Waals surface area contributed by atoms with Crippen LogP contribution in [-0.4, -0.2) is 45.5 Å². The summed E-state index contributed by atoms with van der Waals surface area (Å²) in [7, 11) is 0. The SMILES string of the molecule is O=C(CC1=CSC2=NCCCN12)N1CCC[C@@H]1c1nc2ccccc2s1. The van der Waals surface area contributed by atoms with Crippen LogP contribution >= 0.6 is 23.1 Å². The Morgan fingerprint density at radius 3 is 3.08 bits per heavy atom. The minimum Gasteiger partial charge on any atom is -0.333 e. The molecular weight excluding hydrogens is 364 g/mol. The van der Waals surface area contributed by atoms with Gasteiger partial charge in [0, 0.05) is 25.3 Å². The molecule has 1 aromatic carbocycles. The van der Waals surface area contributed by atoms with Gasteiger partial charge in [-0.05, 0) is 36.8 Å². The number of nitrogens with zero attached hydrogens (tertiary/aromatic N) is 4. The number of hydrogen-bond acceptors (Lipinski definition) is 6. The molecule has 0 bridgehead atoms. The van der Waals surface area contributed by atoms with Crippen molar-refractivity contribution in [3.63, 3.8) is 0 Å². The Morgan fingerprint density at radius 2 is 2.15 bits per heavy atom. The Balaban J connectivity index is 1.34. The number of amidine groups is 1. The first-order valence-electron chi connectivity index (χ1n) is 9.12. The number of likely N-dealkylation sites (tertiary alicyclic amines) is 1. The zero-order valence-corrected chi connectivity index (χ0v) is 16.1. The molecule has 4 heterocycles. The monoisotopic (exact) mass is 384 g/mol. The number of fused-ring (bicyclic) bond motifs is 2. The van der Waals surface area contributed by atoms with Crippen LogP contribution in [0.5, 0.6) is 0 Å². The van der Waals surface area contributed by atoms with Crippen molar-refractivity contribution in [2.45, 2.75) is 31.7 Å². The number of thioether (sulfide) groups is 1. The van der Waals surface area contributed by atoms with Gasteiger partial charge in [-0.25, -0.2) is 4.98 Å². The van der Waals surface area contributed by atoms with E-state index in [4.69, 9.17) is 4.98 Å². The van der Waals surface area contributed by atoms with Gasteiger partial charge in [0.25, 0.3) is 0 Å². The van der Waals surface area contributed by atoms with Crippen LogP contribution in [0.1, 0.15) is 36.7 Å². The molecule has 0 spiro atoms. The molecule has 7 heteroatoms. The largest absolute Gasteiger partial charge is 0.333 e. The van der Waals surface area contributed by atoms with Crippen molar-refractivity contribution in [3.8, 4) is 0 Å². The molecule has 0 unspecified atom stereocenters. The summed E-state index contributed by atoms with van der Waals surface area (Å²) in [6, 6.07) is 8.35. The van der Waals surface area contributed by atoms with Gasteiger partial charge in [-0.1, -0.05) is 23.9 Å². The number of aromatic nitrogens is 1. The topological polar surface area (TPSA) is 48.8 Å². The van der Waals surface area contributed by atoms with Crippen molar-refractivity contribution >= 4 is 44.4 Å². The van der Waals surface area contributed by atoms with Crippen molar-refractivity contribution in [1.82, 2.24) is 14.8 Å². The minimum atomic E-state index is 0.129. The minimum absolute atomic E-state index is 0.129. The molecule has 5 nitrogen and oxygen atoms in total. The Hall–Kier alpha value is -1.86. The predicted molar refractivity (Wildman–Crippen MR) is 107 cm³/mol. The number of rotatable bonds is 3. The molecule has 0 radical (unpaired) electrons. The Morgan fingerprint density at radius 1 is 1.23 bits per heavy atom. The fourth-order valence-corrected chi connectivity index (χ4v) is 5.95. The highest BCUT2D eigenvalue weighted by Crippen LogP contribution is 2.38. The summed E-state index contributed by atoms with van der Waals surface area (Å²) in [6.07, 6.45) is 3.59. The number of thiazole rings is 1. The van der Waals surface area contributed by atoms with E-state index >= 15 is 0 Å². The summed E-state index contributed by atoms with van der Waals surface area (Å²) in [5.74, 6) is 0.213. The number of para-hydroxylation sites is 1. The average Bonchev–Trinajstić information content (AvgIpc) is 3.39. The first kappa shape index (κ1) is 16.3. The lowest BCUT2D eigenvalue weighted by atomic mass is 10.2. The Kier molecular flexibility index (Phi) is 4.21. The molecule has 0 aliphatic carbocycles. The number of hydrogen-bond donors (Lipinski definition) is 0. The lowest BCUT2D eigenvalue weighted by Gasteiger charge is -2.28. The maximum atomic E-state index is 13.1. The maximum absolute atomic E-state index is 13.1. The van der Waals surface area contributed by atoms with Crippen LogP contribution in [0, 0.1) is 0 Å². The maximum Gasteiger partial charge on any atom is 0.229 e. The Labute approximate surface area is 160 Å². The van der Waals surface area contributed by atoms with Gasteiger partial charge in [-0.2, -0.15) is 0 Å². The molecule has 0 saturated carbocycles. The molecular formula is C19H20N4OS2. The summed E-state index contributed by atoms with van der Waals surface area (Å²) < 4.78 is 1.20. The summed E-state index contributed by atoms with van der Waals surface area (Å²) in [5, 5.41) is 4.24. The van der Waals surface area contributed by atoms with Gasteiger partial charge in [0.1, 0.15) is 5.01 Å². The lowest BCUT2D eigenvalue weighted by Crippen LogP contribution is -2.35. The van der Waals surface area contributed by atoms with Crippen molar-refractivity contribution in [2.24, 2.45) is 4.99 Å². The van der Waals surface area contributed by atoms with Crippen LogP contribution in [0.2, 0.25) is 0 Å². The van der Waals surface area contributed by atoms with E-state index < -0.39 is 0 Å². The van der Waals surface area contributed by atoms with Crippen LogP contribution in [0.3, 0.4) is 0 Å². The highest BCUT2D eigenvalue weighted by Gasteiger charge is 2.34. The summed E-state index contributed by atoms with van der Waals surface area (Å²) in [5.41, 5.74) is 2.14. The molecule has 3 aliphatic heterocycles. The summed E-state index contributed by atoms with van der Waals surface area (Å²) >= 11 is 3.38. The molecule has 1 saturated heterocycles. The standard InChI is InChI=1S/C19H20N4OS2/c24-17(11-13-12-25-19-20-8-4-10-22(13)19)23-9-3-6-15(23)18-21-14-5-1-2-7-16(14)26-18/h1-2,5,7,12,15H,3-4,6,8-11H2/t15-/m1/s1. The number of amides is 1. The lowest BCUT2D eigenvalue weighted by molar-refractivity contribution is -0.131. The molecule has 3 aliphatic rings. The average molecular weight is 385 g/mol. The second-order valence-corrected chi connectivity index (χ2v) is 8.74. The van der Waals surface area contributed by atoms with E-state index in [-0.39, 0.29) is 11.9 Å². The molecule has 0 N–H and O–H groups in total. The van der Waals surface area contributed by atoms with Crippen LogP contribution < -0.4 is 0 Å². The number of carbonyl (C=O) groups excluding carboxylic acids is 1. The third kappa shape index (κ3) is 2.83. The first-order chi connectivity index (χ1) is 12.8. The van der Waals surface area contributed by atoms with Crippen molar-refractivity contribution in [1.29, 1.82) is 0 Å². The quantitative estimate of drug-likeness (QED) is 0.803.